The van der Waals surface area contributed by atoms with Crippen molar-refractivity contribution in [1.82, 2.24) is 9.97 Å². The summed E-state index contributed by atoms with van der Waals surface area (Å²) in [6, 6.07) is 7.80. The second-order valence-electron chi connectivity index (χ2n) is 4.59. The lowest BCUT2D eigenvalue weighted by molar-refractivity contribution is -0.140. The Morgan fingerprint density at radius 3 is 2.95 bits per heavy atom. The summed E-state index contributed by atoms with van der Waals surface area (Å²) < 4.78 is 4.59. The van der Waals surface area contributed by atoms with Gasteiger partial charge in [0.2, 0.25) is 0 Å². The molecular formula is C15H14N2O3. The Labute approximate surface area is 115 Å². The van der Waals surface area contributed by atoms with Crippen molar-refractivity contribution in [2.24, 2.45) is 0 Å². The molecule has 0 fully saturated rings. The quantitative estimate of drug-likeness (QED) is 0.717. The zero-order chi connectivity index (χ0) is 14.1. The normalized spacial score (nSPS) is 11.1. The Hall–Kier alpha value is -2.56. The molecule has 2 heterocycles. The molecule has 0 spiro atoms. The average Bonchev–Trinajstić information content (AvgIpc) is 2.86. The van der Waals surface area contributed by atoms with Gasteiger partial charge in [0.1, 0.15) is 0 Å². The van der Waals surface area contributed by atoms with E-state index in [4.69, 9.17) is 0 Å². The molecule has 0 saturated carbocycles. The highest BCUT2D eigenvalue weighted by atomic mass is 16.5. The van der Waals surface area contributed by atoms with Crippen molar-refractivity contribution in [2.45, 2.75) is 12.8 Å². The van der Waals surface area contributed by atoms with Crippen molar-refractivity contribution in [2.75, 3.05) is 7.11 Å². The van der Waals surface area contributed by atoms with Gasteiger partial charge in [0.25, 0.3) is 0 Å². The van der Waals surface area contributed by atoms with Gasteiger partial charge in [0.15, 0.2) is 5.75 Å². The molecule has 3 rings (SSSR count). The van der Waals surface area contributed by atoms with Crippen LogP contribution in [-0.2, 0) is 16.0 Å². The number of aromatic nitrogens is 2. The molecule has 0 aliphatic carbocycles. The number of H-pyrrole nitrogens is 1. The first kappa shape index (κ1) is 12.5. The van der Waals surface area contributed by atoms with Crippen LogP contribution in [0.3, 0.4) is 0 Å². The Kier molecular flexibility index (Phi) is 3.02. The molecule has 20 heavy (non-hydrogen) atoms. The minimum atomic E-state index is -0.317. The van der Waals surface area contributed by atoms with Crippen LogP contribution in [0.25, 0.3) is 21.8 Å². The van der Waals surface area contributed by atoms with Crippen LogP contribution in [0.4, 0.5) is 0 Å². The molecule has 0 amide bonds. The van der Waals surface area contributed by atoms with Gasteiger partial charge in [-0.25, -0.2) is 0 Å². The molecule has 5 nitrogen and oxygen atoms in total. The molecule has 102 valence electrons. The molecule has 0 saturated heterocycles. The fourth-order valence-electron chi connectivity index (χ4n) is 2.34. The third-order valence-electron chi connectivity index (χ3n) is 3.40. The first-order valence-corrected chi connectivity index (χ1v) is 6.35. The third kappa shape index (κ3) is 1.97. The van der Waals surface area contributed by atoms with Crippen LogP contribution in [0.2, 0.25) is 0 Å². The first-order valence-electron chi connectivity index (χ1n) is 6.35. The Balaban J connectivity index is 2.06. The van der Waals surface area contributed by atoms with E-state index in [9.17, 15) is 9.90 Å². The van der Waals surface area contributed by atoms with Gasteiger partial charge in [-0.15, -0.1) is 0 Å². The zero-order valence-corrected chi connectivity index (χ0v) is 11.0. The summed E-state index contributed by atoms with van der Waals surface area (Å²) in [6.45, 7) is 0. The van der Waals surface area contributed by atoms with Crippen molar-refractivity contribution in [3.8, 4) is 5.75 Å². The van der Waals surface area contributed by atoms with E-state index in [0.29, 0.717) is 17.6 Å². The van der Waals surface area contributed by atoms with Crippen LogP contribution in [0.5, 0.6) is 5.75 Å². The van der Waals surface area contributed by atoms with Crippen molar-refractivity contribution in [1.29, 1.82) is 0 Å². The summed E-state index contributed by atoms with van der Waals surface area (Å²) in [6.07, 6.45) is 2.27. The molecule has 0 bridgehead atoms. The predicted octanol–water partition coefficient (Wildman–Crippen LogP) is 2.53. The molecule has 3 aromatic rings. The standard InChI is InChI=1S/C15H14N2O3/c1-20-13(18)7-6-12-15(19)14-10(8-16-12)9-4-2-3-5-11(9)17-14/h2-5,8,17,19H,6-7H2,1H3. The minimum absolute atomic E-state index is 0.0996. The number of hydrogen-bond donors (Lipinski definition) is 2. The smallest absolute Gasteiger partial charge is 0.305 e. The molecule has 5 heteroatoms. The van der Waals surface area contributed by atoms with Gasteiger partial charge in [0.05, 0.1) is 24.7 Å². The number of fused-ring (bicyclic) bond motifs is 3. The van der Waals surface area contributed by atoms with Crippen molar-refractivity contribution >= 4 is 27.8 Å². The van der Waals surface area contributed by atoms with E-state index in [2.05, 4.69) is 14.7 Å². The molecule has 0 atom stereocenters. The van der Waals surface area contributed by atoms with E-state index in [1.165, 1.54) is 7.11 Å². The number of aromatic hydroxyl groups is 1. The number of methoxy groups -OCH3 is 1. The van der Waals surface area contributed by atoms with Crippen molar-refractivity contribution < 1.29 is 14.6 Å². The summed E-state index contributed by atoms with van der Waals surface area (Å²) in [5.74, 6) is -0.217. The van der Waals surface area contributed by atoms with Gasteiger partial charge >= 0.3 is 5.97 Å². The van der Waals surface area contributed by atoms with Crippen LogP contribution in [0.15, 0.2) is 30.5 Å². The lowest BCUT2D eigenvalue weighted by Gasteiger charge is -2.04. The molecule has 2 N–H and O–H groups in total. The number of carbonyl (C=O) groups excluding carboxylic acids is 1. The van der Waals surface area contributed by atoms with E-state index < -0.39 is 0 Å². The average molecular weight is 270 g/mol. The number of nitrogens with zero attached hydrogens (tertiary/aromatic N) is 1. The lowest BCUT2D eigenvalue weighted by atomic mass is 10.1. The summed E-state index contributed by atoms with van der Waals surface area (Å²) in [4.78, 5) is 18.6. The summed E-state index contributed by atoms with van der Waals surface area (Å²) in [5, 5.41) is 12.2. The van der Waals surface area contributed by atoms with Crippen LogP contribution >= 0.6 is 0 Å². The maximum atomic E-state index is 11.2. The number of benzene rings is 1. The molecule has 0 aliphatic rings. The van der Waals surface area contributed by atoms with Crippen LogP contribution < -0.4 is 0 Å². The Bertz CT molecular complexity index is 792. The number of rotatable bonds is 3. The Morgan fingerprint density at radius 1 is 1.35 bits per heavy atom. The molecule has 0 unspecified atom stereocenters. The highest BCUT2D eigenvalue weighted by molar-refractivity contribution is 6.08. The molecular weight excluding hydrogens is 256 g/mol. The summed E-state index contributed by atoms with van der Waals surface area (Å²) in [7, 11) is 1.34. The van der Waals surface area contributed by atoms with Crippen molar-refractivity contribution in [3.05, 3.63) is 36.2 Å². The van der Waals surface area contributed by atoms with Crippen LogP contribution in [0, 0.1) is 0 Å². The number of aromatic amines is 1. The van der Waals surface area contributed by atoms with Gasteiger partial charge in [-0.3, -0.25) is 9.78 Å². The molecule has 2 aromatic heterocycles. The molecule has 0 radical (unpaired) electrons. The van der Waals surface area contributed by atoms with E-state index >= 15 is 0 Å². The molecule has 0 aliphatic heterocycles. The maximum absolute atomic E-state index is 11.2. The number of carbonyl (C=O) groups is 1. The largest absolute Gasteiger partial charge is 0.504 e. The van der Waals surface area contributed by atoms with Gasteiger partial charge in [-0.05, 0) is 6.07 Å². The lowest BCUT2D eigenvalue weighted by Crippen LogP contribution is -2.03. The predicted molar refractivity (Wildman–Crippen MR) is 75.6 cm³/mol. The maximum Gasteiger partial charge on any atom is 0.305 e. The van der Waals surface area contributed by atoms with E-state index in [1.807, 2.05) is 24.3 Å². The second kappa shape index (κ2) is 4.85. The number of esters is 1. The topological polar surface area (TPSA) is 75.2 Å². The number of aryl methyl sites for hydroxylation is 1. The number of nitrogens with one attached hydrogen (secondary N) is 1. The van der Waals surface area contributed by atoms with Gasteiger partial charge < -0.3 is 14.8 Å². The van der Waals surface area contributed by atoms with Gasteiger partial charge in [-0.1, -0.05) is 18.2 Å². The number of pyridine rings is 1. The van der Waals surface area contributed by atoms with Crippen molar-refractivity contribution in [3.63, 3.8) is 0 Å². The third-order valence-corrected chi connectivity index (χ3v) is 3.40. The fourth-order valence-corrected chi connectivity index (χ4v) is 2.34. The van der Waals surface area contributed by atoms with Gasteiger partial charge in [-0.2, -0.15) is 0 Å². The monoisotopic (exact) mass is 270 g/mol. The molecule has 1 aromatic carbocycles. The Morgan fingerprint density at radius 2 is 2.15 bits per heavy atom. The highest BCUT2D eigenvalue weighted by Gasteiger charge is 2.13. The van der Waals surface area contributed by atoms with Gasteiger partial charge in [0, 0.05) is 28.9 Å². The van der Waals surface area contributed by atoms with E-state index in [-0.39, 0.29) is 18.1 Å². The van der Waals surface area contributed by atoms with Crippen LogP contribution in [-0.4, -0.2) is 28.2 Å². The SMILES string of the molecule is COC(=O)CCc1ncc2c([nH]c3ccccc32)c1O. The van der Waals surface area contributed by atoms with E-state index in [0.717, 1.165) is 16.3 Å². The minimum Gasteiger partial charge on any atom is -0.504 e. The van der Waals surface area contributed by atoms with Crippen LogP contribution in [0.1, 0.15) is 12.1 Å². The number of ether oxygens (including phenoxy) is 1. The van der Waals surface area contributed by atoms with E-state index in [1.54, 1.807) is 6.20 Å². The first-order chi connectivity index (χ1) is 9.70. The fraction of sp³-hybridized carbons (Fsp3) is 0.200. The number of hydrogen-bond acceptors (Lipinski definition) is 4. The number of para-hydroxylation sites is 1. The zero-order valence-electron chi connectivity index (χ0n) is 11.0. The second-order valence-corrected chi connectivity index (χ2v) is 4.59. The summed E-state index contributed by atoms with van der Waals surface area (Å²) in [5.41, 5.74) is 2.10. The highest BCUT2D eigenvalue weighted by Crippen LogP contribution is 2.32. The summed E-state index contributed by atoms with van der Waals surface area (Å²) >= 11 is 0.